The van der Waals surface area contributed by atoms with Crippen LogP contribution in [0.15, 0.2) is 24.3 Å². The maximum atomic E-state index is 2.49. The van der Waals surface area contributed by atoms with Crippen LogP contribution in [0.3, 0.4) is 0 Å². The molecule has 0 unspecified atom stereocenters. The maximum absolute atomic E-state index is 2.49. The number of hydrogen-bond acceptors (Lipinski definition) is 0. The highest BCUT2D eigenvalue weighted by atomic mass is 14.3. The molecule has 2 aromatic carbocycles. The fourth-order valence-electron chi connectivity index (χ4n) is 4.64. The Morgan fingerprint density at radius 1 is 0.500 bits per heavy atom. The van der Waals surface area contributed by atoms with Gasteiger partial charge in [0.15, 0.2) is 0 Å². The van der Waals surface area contributed by atoms with Crippen molar-refractivity contribution in [2.45, 2.75) is 131 Å². The molecule has 0 bridgehead atoms. The summed E-state index contributed by atoms with van der Waals surface area (Å²) in [6.07, 6.45) is 2.27. The molecule has 0 radical (unpaired) electrons. The van der Waals surface area contributed by atoms with Crippen LogP contribution in [0.25, 0.3) is 11.1 Å². The monoisotopic (exact) mass is 434 g/mol. The zero-order chi connectivity index (χ0) is 24.9. The normalized spacial score (nSPS) is 13.6. The first-order valence-corrected chi connectivity index (χ1v) is 12.7. The van der Waals surface area contributed by atoms with Crippen molar-refractivity contribution in [1.82, 2.24) is 0 Å². The molecule has 0 aliphatic rings. The minimum atomic E-state index is 0.113. The van der Waals surface area contributed by atoms with E-state index in [-0.39, 0.29) is 21.7 Å². The van der Waals surface area contributed by atoms with E-state index in [0.717, 1.165) is 12.8 Å². The smallest absolute Gasteiger partial charge is 0.0103 e. The van der Waals surface area contributed by atoms with Gasteiger partial charge in [-0.25, -0.2) is 0 Å². The Bertz CT molecular complexity index is 887. The average Bonchev–Trinajstić information content (AvgIpc) is 2.66. The minimum Gasteiger partial charge on any atom is -0.0646 e. The molecule has 0 heteroatoms. The molecule has 0 heterocycles. The standard InChI is InChI=1S/C32H50/c1-15-31(11,12)27-19-23(29(5,6)7)17-25(21(27)3)26-18-24(30(8,9)10)20-28(22(26)4)32(13,14)16-2/h17-20H,15-16H2,1-14H3. The molecule has 0 atom stereocenters. The van der Waals surface area contributed by atoms with Gasteiger partial charge in [-0.05, 0) is 92.9 Å². The molecule has 0 N–H and O–H groups in total. The summed E-state index contributed by atoms with van der Waals surface area (Å²) in [6.45, 7) is 33.0. The van der Waals surface area contributed by atoms with Gasteiger partial charge < -0.3 is 0 Å². The molecular formula is C32H50. The largest absolute Gasteiger partial charge is 0.0646 e. The van der Waals surface area contributed by atoms with Gasteiger partial charge >= 0.3 is 0 Å². The number of rotatable bonds is 5. The quantitative estimate of drug-likeness (QED) is 0.439. The summed E-state index contributed by atoms with van der Waals surface area (Å²) in [7, 11) is 0. The predicted molar refractivity (Wildman–Crippen MR) is 145 cm³/mol. The van der Waals surface area contributed by atoms with Crippen LogP contribution >= 0.6 is 0 Å². The Morgan fingerprint density at radius 3 is 1.00 bits per heavy atom. The molecule has 178 valence electrons. The van der Waals surface area contributed by atoms with Gasteiger partial charge in [0.2, 0.25) is 0 Å². The first-order valence-electron chi connectivity index (χ1n) is 12.7. The van der Waals surface area contributed by atoms with E-state index in [1.54, 1.807) is 0 Å². The third kappa shape index (κ3) is 5.16. The van der Waals surface area contributed by atoms with Crippen LogP contribution in [-0.2, 0) is 21.7 Å². The van der Waals surface area contributed by atoms with Crippen molar-refractivity contribution in [3.05, 3.63) is 57.6 Å². The lowest BCUT2D eigenvalue weighted by Gasteiger charge is -2.33. The Kier molecular flexibility index (Phi) is 7.22. The molecule has 0 saturated carbocycles. The van der Waals surface area contributed by atoms with Gasteiger partial charge in [0.25, 0.3) is 0 Å². The van der Waals surface area contributed by atoms with Crippen molar-refractivity contribution >= 4 is 0 Å². The van der Waals surface area contributed by atoms with Gasteiger partial charge in [0.05, 0.1) is 0 Å². The van der Waals surface area contributed by atoms with E-state index in [1.807, 2.05) is 0 Å². The zero-order valence-corrected chi connectivity index (χ0v) is 23.7. The SMILES string of the molecule is CCC(C)(C)c1cc(C(C)(C)C)cc(-c2cc(C(C)(C)C)cc(C(C)(C)CC)c2C)c1C. The maximum Gasteiger partial charge on any atom is -0.0103 e. The molecule has 0 aliphatic heterocycles. The van der Waals surface area contributed by atoms with Crippen molar-refractivity contribution in [3.8, 4) is 11.1 Å². The van der Waals surface area contributed by atoms with Gasteiger partial charge in [0.1, 0.15) is 0 Å². The van der Waals surface area contributed by atoms with Crippen LogP contribution in [0.4, 0.5) is 0 Å². The van der Waals surface area contributed by atoms with E-state index in [0.29, 0.717) is 0 Å². The highest BCUT2D eigenvalue weighted by molar-refractivity contribution is 5.75. The van der Waals surface area contributed by atoms with E-state index >= 15 is 0 Å². The molecule has 0 aliphatic carbocycles. The summed E-state index contributed by atoms with van der Waals surface area (Å²) in [4.78, 5) is 0. The molecule has 0 fully saturated rings. The minimum absolute atomic E-state index is 0.113. The lowest BCUT2D eigenvalue weighted by molar-refractivity contribution is 0.498. The van der Waals surface area contributed by atoms with Crippen LogP contribution in [-0.4, -0.2) is 0 Å². The van der Waals surface area contributed by atoms with Gasteiger partial charge in [-0.15, -0.1) is 0 Å². The number of benzene rings is 2. The summed E-state index contributed by atoms with van der Waals surface area (Å²) >= 11 is 0. The van der Waals surface area contributed by atoms with E-state index in [1.165, 1.54) is 44.5 Å². The Morgan fingerprint density at radius 2 is 0.781 bits per heavy atom. The first kappa shape index (κ1) is 26.7. The highest BCUT2D eigenvalue weighted by Gasteiger charge is 2.29. The fraction of sp³-hybridized carbons (Fsp3) is 0.625. The van der Waals surface area contributed by atoms with E-state index in [4.69, 9.17) is 0 Å². The molecule has 0 nitrogen and oxygen atoms in total. The summed E-state index contributed by atoms with van der Waals surface area (Å²) in [5, 5.41) is 0. The van der Waals surface area contributed by atoms with E-state index in [2.05, 4.69) is 121 Å². The van der Waals surface area contributed by atoms with Crippen LogP contribution < -0.4 is 0 Å². The highest BCUT2D eigenvalue weighted by Crippen LogP contribution is 2.43. The van der Waals surface area contributed by atoms with Crippen molar-refractivity contribution in [1.29, 1.82) is 0 Å². The molecule has 2 rings (SSSR count). The van der Waals surface area contributed by atoms with Crippen molar-refractivity contribution < 1.29 is 0 Å². The Balaban J connectivity index is 3.05. The third-order valence-corrected chi connectivity index (χ3v) is 8.06. The zero-order valence-electron chi connectivity index (χ0n) is 23.7. The molecule has 0 saturated heterocycles. The Labute approximate surface area is 200 Å². The average molecular weight is 435 g/mol. The summed E-state index contributed by atoms with van der Waals surface area (Å²) in [5.74, 6) is 0. The summed E-state index contributed by atoms with van der Waals surface area (Å²) in [6, 6.07) is 9.95. The van der Waals surface area contributed by atoms with Crippen LogP contribution in [0.5, 0.6) is 0 Å². The Hall–Kier alpha value is -1.56. The second-order valence-corrected chi connectivity index (χ2v) is 13.4. The molecule has 2 aromatic rings. The molecule has 0 spiro atoms. The summed E-state index contributed by atoms with van der Waals surface area (Å²) < 4.78 is 0. The van der Waals surface area contributed by atoms with Crippen LogP contribution in [0.1, 0.15) is 129 Å². The topological polar surface area (TPSA) is 0 Å². The number of hydrogen-bond donors (Lipinski definition) is 0. The molecule has 32 heavy (non-hydrogen) atoms. The van der Waals surface area contributed by atoms with Gasteiger partial charge in [-0.3, -0.25) is 0 Å². The molecular weight excluding hydrogens is 384 g/mol. The van der Waals surface area contributed by atoms with Crippen molar-refractivity contribution in [2.75, 3.05) is 0 Å². The molecule has 0 aromatic heterocycles. The van der Waals surface area contributed by atoms with Crippen molar-refractivity contribution in [2.24, 2.45) is 0 Å². The second-order valence-electron chi connectivity index (χ2n) is 13.4. The van der Waals surface area contributed by atoms with Gasteiger partial charge in [-0.2, -0.15) is 0 Å². The lowest BCUT2D eigenvalue weighted by atomic mass is 9.71. The summed E-state index contributed by atoms with van der Waals surface area (Å²) in [5.41, 5.74) is 12.1. The lowest BCUT2D eigenvalue weighted by Crippen LogP contribution is -2.22. The molecule has 0 amide bonds. The van der Waals surface area contributed by atoms with Crippen LogP contribution in [0, 0.1) is 13.8 Å². The first-order chi connectivity index (χ1) is 14.4. The predicted octanol–water partition coefficient (Wildman–Crippen LogP) is 9.94. The third-order valence-electron chi connectivity index (χ3n) is 8.06. The van der Waals surface area contributed by atoms with Gasteiger partial charge in [-0.1, -0.05) is 107 Å². The van der Waals surface area contributed by atoms with Gasteiger partial charge in [0, 0.05) is 0 Å². The van der Waals surface area contributed by atoms with E-state index < -0.39 is 0 Å². The van der Waals surface area contributed by atoms with E-state index in [9.17, 15) is 0 Å². The second kappa shape index (κ2) is 8.66. The fourth-order valence-corrected chi connectivity index (χ4v) is 4.64. The van der Waals surface area contributed by atoms with Crippen molar-refractivity contribution in [3.63, 3.8) is 0 Å². The van der Waals surface area contributed by atoms with Crippen LogP contribution in [0.2, 0.25) is 0 Å².